The molecule has 37 heavy (non-hydrogen) atoms. The Kier molecular flexibility index (Phi) is 7.30. The van der Waals surface area contributed by atoms with E-state index in [-0.39, 0.29) is 0 Å². The van der Waals surface area contributed by atoms with Crippen LogP contribution in [-0.2, 0) is 13.0 Å². The number of pyridine rings is 3. The summed E-state index contributed by atoms with van der Waals surface area (Å²) in [7, 11) is 0. The molecule has 0 fully saturated rings. The predicted molar refractivity (Wildman–Crippen MR) is 148 cm³/mol. The van der Waals surface area contributed by atoms with Crippen LogP contribution in [0.4, 0.5) is 11.4 Å². The molecule has 5 rings (SSSR count). The van der Waals surface area contributed by atoms with Crippen LogP contribution in [0.5, 0.6) is 0 Å². The molecule has 3 N–H and O–H groups in total. The highest BCUT2D eigenvalue weighted by atomic mass is 14.9. The molecule has 0 aliphatic carbocycles. The Bertz CT molecular complexity index is 1560. The predicted octanol–water partition coefficient (Wildman–Crippen LogP) is 5.78. The zero-order chi connectivity index (χ0) is 25.5. The molecule has 5 aromatic rings. The van der Waals surface area contributed by atoms with Gasteiger partial charge in [0.15, 0.2) is 0 Å². The van der Waals surface area contributed by atoms with Crippen LogP contribution in [0.25, 0.3) is 23.1 Å². The second-order valence-corrected chi connectivity index (χ2v) is 8.78. The summed E-state index contributed by atoms with van der Waals surface area (Å²) in [4.78, 5) is 16.2. The lowest BCUT2D eigenvalue weighted by molar-refractivity contribution is 0.684. The molecule has 1 aromatic carbocycles. The van der Waals surface area contributed by atoms with Gasteiger partial charge < -0.3 is 15.6 Å². The van der Waals surface area contributed by atoms with Crippen LogP contribution < -0.4 is 10.6 Å². The molecular weight excluding hydrogens is 458 g/mol. The Hall–Kier alpha value is -4.80. The number of hydrogen-bond donors (Lipinski definition) is 3. The lowest BCUT2D eigenvalue weighted by Crippen LogP contribution is -2.16. The normalized spacial score (nSPS) is 11.1. The lowest BCUT2D eigenvalue weighted by Gasteiger charge is -2.14. The molecule has 0 radical (unpaired) electrons. The Morgan fingerprint density at radius 3 is 2.73 bits per heavy atom. The van der Waals surface area contributed by atoms with Gasteiger partial charge in [0.25, 0.3) is 0 Å². The molecule has 182 valence electrons. The molecule has 0 amide bonds. The van der Waals surface area contributed by atoms with Gasteiger partial charge in [0.1, 0.15) is 6.07 Å². The highest BCUT2D eigenvalue weighted by Gasteiger charge is 2.11. The first kappa shape index (κ1) is 23.9. The van der Waals surface area contributed by atoms with Crippen LogP contribution in [0.2, 0.25) is 0 Å². The van der Waals surface area contributed by atoms with Crippen molar-refractivity contribution in [2.75, 3.05) is 11.9 Å². The highest BCUT2D eigenvalue weighted by Crippen LogP contribution is 2.31. The van der Waals surface area contributed by atoms with E-state index in [2.05, 4.69) is 61.8 Å². The molecule has 0 spiro atoms. The van der Waals surface area contributed by atoms with E-state index >= 15 is 0 Å². The van der Waals surface area contributed by atoms with Gasteiger partial charge in [0.05, 0.1) is 16.9 Å². The fraction of sp³-hybridized carbons (Fsp3) is 0.133. The minimum absolute atomic E-state index is 0.483. The quantitative estimate of drug-likeness (QED) is 0.229. The number of nitrogens with one attached hydrogen (secondary N) is 3. The van der Waals surface area contributed by atoms with Crippen molar-refractivity contribution in [2.24, 2.45) is 0 Å². The van der Waals surface area contributed by atoms with Crippen LogP contribution in [0.15, 0.2) is 79.6 Å². The number of aryl methyl sites for hydroxylation is 1. The summed E-state index contributed by atoms with van der Waals surface area (Å²) in [5.74, 6) is 0. The van der Waals surface area contributed by atoms with Crippen molar-refractivity contribution in [2.45, 2.75) is 19.9 Å². The number of aromatic amines is 1. The second-order valence-electron chi connectivity index (χ2n) is 8.78. The number of aromatic nitrogens is 4. The largest absolute Gasteiger partial charge is 0.361 e. The summed E-state index contributed by atoms with van der Waals surface area (Å²) in [6, 6.07) is 16.5. The molecule has 0 aliphatic heterocycles. The maximum atomic E-state index is 9.72. The van der Waals surface area contributed by atoms with Crippen LogP contribution in [-0.4, -0.2) is 26.5 Å². The Morgan fingerprint density at radius 2 is 1.92 bits per heavy atom. The molecule has 0 unspecified atom stereocenters. The third-order valence-corrected chi connectivity index (χ3v) is 6.28. The van der Waals surface area contributed by atoms with Crippen molar-refractivity contribution in [3.05, 3.63) is 113 Å². The van der Waals surface area contributed by atoms with E-state index in [4.69, 9.17) is 0 Å². The second kappa shape index (κ2) is 11.3. The minimum Gasteiger partial charge on any atom is -0.361 e. The standard InChI is InChI=1S/C30H27N7/c1-21-27-11-14-35-29(27)9-8-28(21)37-30-24(19-34-20-25(30)15-31)5-7-26-6-4-23(18-36-26)17-33-13-10-22-3-2-12-32-16-22/h2-9,11-12,14,16,18-20,33,35H,10,13,17H2,1H3,(H,34,37). The summed E-state index contributed by atoms with van der Waals surface area (Å²) in [5, 5.41) is 17.8. The fourth-order valence-corrected chi connectivity index (χ4v) is 4.21. The van der Waals surface area contributed by atoms with Gasteiger partial charge in [0, 0.05) is 65.9 Å². The third kappa shape index (κ3) is 5.72. The first-order valence-corrected chi connectivity index (χ1v) is 12.2. The van der Waals surface area contributed by atoms with Crippen LogP contribution in [0.3, 0.4) is 0 Å². The van der Waals surface area contributed by atoms with Gasteiger partial charge in [-0.05, 0) is 79.1 Å². The summed E-state index contributed by atoms with van der Waals surface area (Å²) in [6.45, 7) is 3.70. The summed E-state index contributed by atoms with van der Waals surface area (Å²) in [5.41, 5.74) is 8.33. The van der Waals surface area contributed by atoms with E-state index in [1.165, 1.54) is 5.56 Å². The Balaban J connectivity index is 1.27. The van der Waals surface area contributed by atoms with Crippen molar-refractivity contribution in [1.29, 1.82) is 5.26 Å². The van der Waals surface area contributed by atoms with E-state index < -0.39 is 0 Å². The average Bonchev–Trinajstić information content (AvgIpc) is 3.43. The van der Waals surface area contributed by atoms with Crippen molar-refractivity contribution >= 4 is 34.4 Å². The SMILES string of the molecule is Cc1c(Nc2c(C#N)cncc2C=Cc2ccc(CNCCc3cccnc3)cn2)ccc2[nH]ccc12. The molecule has 0 bridgehead atoms. The number of H-pyrrole nitrogens is 1. The van der Waals surface area contributed by atoms with Gasteiger partial charge >= 0.3 is 0 Å². The van der Waals surface area contributed by atoms with Gasteiger partial charge in [0.2, 0.25) is 0 Å². The molecule has 0 saturated carbocycles. The molecule has 0 saturated heterocycles. The van der Waals surface area contributed by atoms with Crippen molar-refractivity contribution in [3.63, 3.8) is 0 Å². The van der Waals surface area contributed by atoms with Gasteiger partial charge in [-0.1, -0.05) is 12.1 Å². The monoisotopic (exact) mass is 485 g/mol. The van der Waals surface area contributed by atoms with Crippen LogP contribution in [0, 0.1) is 18.3 Å². The number of rotatable bonds is 9. The summed E-state index contributed by atoms with van der Waals surface area (Å²) >= 11 is 0. The van der Waals surface area contributed by atoms with E-state index in [0.717, 1.165) is 64.2 Å². The number of fused-ring (bicyclic) bond motifs is 1. The maximum absolute atomic E-state index is 9.72. The van der Waals surface area contributed by atoms with Crippen LogP contribution >= 0.6 is 0 Å². The maximum Gasteiger partial charge on any atom is 0.103 e. The average molecular weight is 486 g/mol. The van der Waals surface area contributed by atoms with E-state index in [0.29, 0.717) is 5.56 Å². The van der Waals surface area contributed by atoms with E-state index in [1.54, 1.807) is 18.6 Å². The van der Waals surface area contributed by atoms with Gasteiger partial charge in [-0.25, -0.2) is 0 Å². The summed E-state index contributed by atoms with van der Waals surface area (Å²) in [6.07, 6.45) is 15.6. The number of nitrogens with zero attached hydrogens (tertiary/aromatic N) is 4. The third-order valence-electron chi connectivity index (χ3n) is 6.28. The Labute approximate surface area is 216 Å². The highest BCUT2D eigenvalue weighted by molar-refractivity contribution is 5.90. The van der Waals surface area contributed by atoms with Gasteiger partial charge in [-0.3, -0.25) is 15.0 Å². The number of nitriles is 1. The molecule has 0 aliphatic rings. The van der Waals surface area contributed by atoms with Gasteiger partial charge in [-0.2, -0.15) is 5.26 Å². The van der Waals surface area contributed by atoms with Crippen molar-refractivity contribution in [3.8, 4) is 6.07 Å². The van der Waals surface area contributed by atoms with Gasteiger partial charge in [-0.15, -0.1) is 0 Å². The smallest absolute Gasteiger partial charge is 0.103 e. The Morgan fingerprint density at radius 1 is 0.973 bits per heavy atom. The van der Waals surface area contributed by atoms with Crippen LogP contribution in [0.1, 0.15) is 33.5 Å². The zero-order valence-corrected chi connectivity index (χ0v) is 20.6. The number of anilines is 2. The number of hydrogen-bond acceptors (Lipinski definition) is 6. The molecule has 0 atom stereocenters. The van der Waals surface area contributed by atoms with E-state index in [1.807, 2.05) is 55.0 Å². The first-order valence-electron chi connectivity index (χ1n) is 12.2. The summed E-state index contributed by atoms with van der Waals surface area (Å²) < 4.78 is 0. The fourth-order valence-electron chi connectivity index (χ4n) is 4.21. The molecule has 4 aromatic heterocycles. The topological polar surface area (TPSA) is 102 Å². The lowest BCUT2D eigenvalue weighted by atomic mass is 10.1. The first-order chi connectivity index (χ1) is 18.2. The number of benzene rings is 1. The van der Waals surface area contributed by atoms with Crippen molar-refractivity contribution in [1.82, 2.24) is 25.3 Å². The van der Waals surface area contributed by atoms with Crippen molar-refractivity contribution < 1.29 is 0 Å². The zero-order valence-electron chi connectivity index (χ0n) is 20.6. The molecular formula is C30H27N7. The molecule has 7 nitrogen and oxygen atoms in total. The minimum atomic E-state index is 0.483. The van der Waals surface area contributed by atoms with E-state index in [9.17, 15) is 5.26 Å². The molecule has 7 heteroatoms. The molecule has 4 heterocycles.